The summed E-state index contributed by atoms with van der Waals surface area (Å²) in [6, 6.07) is 0. The molecule has 1 unspecified atom stereocenters. The lowest BCUT2D eigenvalue weighted by atomic mass is 9.77. The van der Waals surface area contributed by atoms with Crippen LogP contribution in [-0.2, 0) is 16.6 Å². The van der Waals surface area contributed by atoms with Gasteiger partial charge in [0, 0.05) is 24.7 Å². The van der Waals surface area contributed by atoms with E-state index in [1.807, 2.05) is 6.20 Å². The van der Waals surface area contributed by atoms with E-state index in [2.05, 4.69) is 9.97 Å². The minimum Gasteiger partial charge on any atom is -0.381 e. The van der Waals surface area contributed by atoms with Crippen LogP contribution in [0.2, 0.25) is 0 Å². The van der Waals surface area contributed by atoms with E-state index in [1.165, 1.54) is 0 Å². The Morgan fingerprint density at radius 2 is 2.24 bits per heavy atom. The Morgan fingerprint density at radius 3 is 2.95 bits per heavy atom. The molecule has 2 heterocycles. The topological polar surface area (TPSA) is 92.3 Å². The standard InChI is InChI=1S/C15H22N4O2/c1-14(2,21)12(20)19-7-3-5-15(9-19)6-4-10-8-17-13(16)18-11(10)15/h8,21H,3-7,9H2,1-2H3,(H2,16,17,18). The van der Waals surface area contributed by atoms with Gasteiger partial charge in [-0.1, -0.05) is 0 Å². The number of carbonyl (C=O) groups excluding carboxylic acids is 1. The third-order valence-electron chi connectivity index (χ3n) is 4.65. The first-order valence-corrected chi connectivity index (χ1v) is 7.45. The summed E-state index contributed by atoms with van der Waals surface area (Å²) in [7, 11) is 0. The smallest absolute Gasteiger partial charge is 0.253 e. The SMILES string of the molecule is CC(C)(O)C(=O)N1CCCC2(CCc3cnc(N)nc32)C1. The number of anilines is 1. The molecule has 0 aromatic carbocycles. The predicted molar refractivity (Wildman–Crippen MR) is 78.6 cm³/mol. The van der Waals surface area contributed by atoms with E-state index >= 15 is 0 Å². The van der Waals surface area contributed by atoms with Crippen molar-refractivity contribution in [2.45, 2.75) is 50.5 Å². The molecule has 1 amide bonds. The Morgan fingerprint density at radius 1 is 1.48 bits per heavy atom. The van der Waals surface area contributed by atoms with Gasteiger partial charge in [0.2, 0.25) is 5.95 Å². The monoisotopic (exact) mass is 290 g/mol. The van der Waals surface area contributed by atoms with Gasteiger partial charge < -0.3 is 15.7 Å². The van der Waals surface area contributed by atoms with Crippen molar-refractivity contribution in [2.75, 3.05) is 18.8 Å². The number of nitrogens with two attached hydrogens (primary N) is 1. The van der Waals surface area contributed by atoms with Crippen molar-refractivity contribution in [2.24, 2.45) is 0 Å². The van der Waals surface area contributed by atoms with Crippen LogP contribution in [0, 0.1) is 0 Å². The van der Waals surface area contributed by atoms with Gasteiger partial charge in [0.05, 0.1) is 5.69 Å². The second-order valence-electron chi connectivity index (χ2n) is 6.77. The molecule has 114 valence electrons. The highest BCUT2D eigenvalue weighted by atomic mass is 16.3. The summed E-state index contributed by atoms with van der Waals surface area (Å²) in [6.07, 6.45) is 5.64. The van der Waals surface area contributed by atoms with Crippen LogP contribution >= 0.6 is 0 Å². The Labute approximate surface area is 124 Å². The summed E-state index contributed by atoms with van der Waals surface area (Å²) in [5, 5.41) is 9.97. The molecule has 21 heavy (non-hydrogen) atoms. The van der Waals surface area contributed by atoms with Crippen molar-refractivity contribution in [3.8, 4) is 0 Å². The molecule has 0 saturated carbocycles. The molecule has 1 saturated heterocycles. The first-order chi connectivity index (χ1) is 9.82. The molecule has 1 aliphatic carbocycles. The highest BCUT2D eigenvalue weighted by Crippen LogP contribution is 2.44. The summed E-state index contributed by atoms with van der Waals surface area (Å²) in [6.45, 7) is 4.39. The molecule has 2 aliphatic rings. The lowest BCUT2D eigenvalue weighted by Crippen LogP contribution is -2.53. The van der Waals surface area contributed by atoms with Crippen LogP contribution in [0.15, 0.2) is 6.20 Å². The number of hydrogen-bond donors (Lipinski definition) is 2. The average Bonchev–Trinajstić information content (AvgIpc) is 2.75. The van der Waals surface area contributed by atoms with Crippen LogP contribution in [0.4, 0.5) is 5.95 Å². The van der Waals surface area contributed by atoms with Gasteiger partial charge in [-0.15, -0.1) is 0 Å². The average molecular weight is 290 g/mol. The van der Waals surface area contributed by atoms with Gasteiger partial charge in [-0.3, -0.25) is 4.79 Å². The van der Waals surface area contributed by atoms with Crippen LogP contribution in [0.1, 0.15) is 44.4 Å². The fourth-order valence-corrected chi connectivity index (χ4v) is 3.64. The lowest BCUT2D eigenvalue weighted by molar-refractivity contribution is -0.150. The molecular weight excluding hydrogens is 268 g/mol. The number of nitrogen functional groups attached to an aromatic ring is 1. The molecule has 1 atom stereocenters. The minimum atomic E-state index is -1.33. The van der Waals surface area contributed by atoms with Crippen LogP contribution < -0.4 is 5.73 Å². The van der Waals surface area contributed by atoms with Gasteiger partial charge in [-0.2, -0.15) is 0 Å². The first-order valence-electron chi connectivity index (χ1n) is 7.45. The van der Waals surface area contributed by atoms with Crippen molar-refractivity contribution in [1.82, 2.24) is 14.9 Å². The minimum absolute atomic E-state index is 0.119. The Kier molecular flexibility index (Phi) is 3.16. The molecule has 0 bridgehead atoms. The molecule has 6 nitrogen and oxygen atoms in total. The second kappa shape index (κ2) is 4.66. The molecule has 3 N–H and O–H groups in total. The van der Waals surface area contributed by atoms with Crippen molar-refractivity contribution >= 4 is 11.9 Å². The Balaban J connectivity index is 1.91. The van der Waals surface area contributed by atoms with Crippen molar-refractivity contribution < 1.29 is 9.90 Å². The summed E-state index contributed by atoms with van der Waals surface area (Å²) < 4.78 is 0. The van der Waals surface area contributed by atoms with Gasteiger partial charge in [0.15, 0.2) is 0 Å². The highest BCUT2D eigenvalue weighted by molar-refractivity contribution is 5.84. The van der Waals surface area contributed by atoms with Crippen molar-refractivity contribution in [3.05, 3.63) is 17.5 Å². The number of carbonyl (C=O) groups is 1. The third kappa shape index (κ3) is 2.37. The molecular formula is C15H22N4O2. The number of fused-ring (bicyclic) bond motifs is 2. The largest absolute Gasteiger partial charge is 0.381 e. The highest BCUT2D eigenvalue weighted by Gasteiger charge is 2.46. The number of piperidine rings is 1. The van der Waals surface area contributed by atoms with Crippen molar-refractivity contribution in [3.63, 3.8) is 0 Å². The van der Waals surface area contributed by atoms with Gasteiger partial charge in [0.25, 0.3) is 5.91 Å². The molecule has 1 spiro atoms. The number of rotatable bonds is 1. The molecule has 6 heteroatoms. The number of hydrogen-bond acceptors (Lipinski definition) is 5. The number of amides is 1. The molecule has 1 aromatic rings. The van der Waals surface area contributed by atoms with Gasteiger partial charge in [-0.05, 0) is 45.1 Å². The van der Waals surface area contributed by atoms with Crippen LogP contribution in [0.3, 0.4) is 0 Å². The second-order valence-corrected chi connectivity index (χ2v) is 6.77. The van der Waals surface area contributed by atoms with Gasteiger partial charge in [0.1, 0.15) is 5.60 Å². The first kappa shape index (κ1) is 14.3. The molecule has 1 fully saturated rings. The molecule has 3 rings (SSSR count). The van der Waals surface area contributed by atoms with E-state index in [9.17, 15) is 9.90 Å². The zero-order valence-corrected chi connectivity index (χ0v) is 12.6. The van der Waals surface area contributed by atoms with E-state index in [0.29, 0.717) is 19.0 Å². The van der Waals surface area contributed by atoms with Gasteiger partial charge in [-0.25, -0.2) is 9.97 Å². The summed E-state index contributed by atoms with van der Waals surface area (Å²) in [5.74, 6) is 0.0815. The Hall–Kier alpha value is -1.69. The third-order valence-corrected chi connectivity index (χ3v) is 4.65. The number of nitrogens with zero attached hydrogens (tertiary/aromatic N) is 3. The molecule has 1 aliphatic heterocycles. The lowest BCUT2D eigenvalue weighted by Gasteiger charge is -2.42. The van der Waals surface area contributed by atoms with E-state index in [4.69, 9.17) is 5.73 Å². The maximum Gasteiger partial charge on any atom is 0.253 e. The van der Waals surface area contributed by atoms with Crippen LogP contribution in [0.25, 0.3) is 0 Å². The summed E-state index contributed by atoms with van der Waals surface area (Å²) >= 11 is 0. The quantitative estimate of drug-likeness (QED) is 0.791. The van der Waals surface area contributed by atoms with E-state index in [-0.39, 0.29) is 11.3 Å². The maximum atomic E-state index is 12.4. The van der Waals surface area contributed by atoms with E-state index in [1.54, 1.807) is 18.7 Å². The normalized spacial score (nSPS) is 25.2. The number of aliphatic hydroxyl groups is 1. The van der Waals surface area contributed by atoms with E-state index in [0.717, 1.165) is 36.9 Å². The van der Waals surface area contributed by atoms with Crippen LogP contribution in [-0.4, -0.2) is 44.6 Å². The fourth-order valence-electron chi connectivity index (χ4n) is 3.64. The maximum absolute atomic E-state index is 12.4. The number of aromatic nitrogens is 2. The van der Waals surface area contributed by atoms with Crippen molar-refractivity contribution in [1.29, 1.82) is 0 Å². The zero-order valence-electron chi connectivity index (χ0n) is 12.6. The van der Waals surface area contributed by atoms with E-state index < -0.39 is 5.60 Å². The summed E-state index contributed by atoms with van der Waals surface area (Å²) in [5.41, 5.74) is 6.44. The Bertz CT molecular complexity index is 578. The predicted octanol–water partition coefficient (Wildman–Crippen LogP) is 0.636. The number of likely N-dealkylation sites (tertiary alicyclic amines) is 1. The van der Waals surface area contributed by atoms with Gasteiger partial charge >= 0.3 is 0 Å². The molecule has 0 radical (unpaired) electrons. The van der Waals surface area contributed by atoms with Crippen LogP contribution in [0.5, 0.6) is 0 Å². The number of aryl methyl sites for hydroxylation is 1. The summed E-state index contributed by atoms with van der Waals surface area (Å²) in [4.78, 5) is 22.7. The zero-order chi connectivity index (χ0) is 15.3. The molecule has 1 aromatic heterocycles. The fraction of sp³-hybridized carbons (Fsp3) is 0.667.